The average molecular weight is 363 g/mol. The molecule has 0 aromatic heterocycles. The summed E-state index contributed by atoms with van der Waals surface area (Å²) in [6, 6.07) is 4.12. The third-order valence-electron chi connectivity index (χ3n) is 4.07. The average Bonchev–Trinajstić information content (AvgIpc) is 2.79. The van der Waals surface area contributed by atoms with E-state index in [1.54, 1.807) is 0 Å². The van der Waals surface area contributed by atoms with Crippen LogP contribution in [-0.2, 0) is 10.8 Å². The molecule has 0 amide bonds. The molecule has 0 saturated carbocycles. The summed E-state index contributed by atoms with van der Waals surface area (Å²) in [5, 5.41) is 19.8. The molecule has 3 aromatic carbocycles. The highest BCUT2D eigenvalue weighted by molar-refractivity contribution is 5.44. The first-order valence-corrected chi connectivity index (χ1v) is 7.58. The van der Waals surface area contributed by atoms with E-state index in [1.807, 2.05) is 0 Å². The van der Waals surface area contributed by atoms with Crippen LogP contribution in [-0.4, -0.2) is 10.2 Å². The van der Waals surface area contributed by atoms with Crippen molar-refractivity contribution in [2.24, 2.45) is 0 Å². The highest BCUT2D eigenvalue weighted by Gasteiger charge is 2.26. The molecule has 26 heavy (non-hydrogen) atoms. The van der Waals surface area contributed by atoms with Crippen LogP contribution >= 0.6 is 0 Å². The Morgan fingerprint density at radius 3 is 1.12 bits per heavy atom. The first kappa shape index (κ1) is 6.77. The van der Waals surface area contributed by atoms with Gasteiger partial charge in [-0.05, 0) is 46.4 Å². The molecule has 0 aliphatic heterocycles. The van der Waals surface area contributed by atoms with E-state index in [1.165, 1.54) is 0 Å². The van der Waals surface area contributed by atoms with Crippen molar-refractivity contribution in [2.75, 3.05) is 0 Å². The first-order valence-electron chi connectivity index (χ1n) is 15.6. The number of aromatic hydroxyl groups is 2. The largest absolute Gasteiger partial charge is 0.508 e. The van der Waals surface area contributed by atoms with Crippen molar-refractivity contribution in [3.63, 3.8) is 0 Å². The molecule has 2 heteroatoms. The van der Waals surface area contributed by atoms with Crippen molar-refractivity contribution >= 4 is 0 Å². The molecule has 0 atom stereocenters. The summed E-state index contributed by atoms with van der Waals surface area (Å²) >= 11 is 0. The minimum Gasteiger partial charge on any atom is -0.508 e. The van der Waals surface area contributed by atoms with Gasteiger partial charge in [-0.1, -0.05) is 75.9 Å². The minimum atomic E-state index is -3.38. The van der Waals surface area contributed by atoms with Gasteiger partial charge in [-0.2, -0.15) is 0 Å². The van der Waals surface area contributed by atoms with Gasteiger partial charge >= 0.3 is 0 Å². The van der Waals surface area contributed by atoms with Gasteiger partial charge in [-0.25, -0.2) is 0 Å². The molecule has 134 valence electrons. The SMILES string of the molecule is [2H]c1cc(C(c2ccc(C(c3cc([2H])c(O)c([2H])c3)(C([2H])([2H])[2H])C([2H])([2H])[2H])cc2)(C([2H])([2H])[2H])C([2H])([2H])[2H])cc([2H])c1O. The second-order valence-corrected chi connectivity index (χ2v) is 5.84. The van der Waals surface area contributed by atoms with Gasteiger partial charge < -0.3 is 10.2 Å². The summed E-state index contributed by atoms with van der Waals surface area (Å²) in [6.45, 7) is -13.5. The van der Waals surface area contributed by atoms with E-state index >= 15 is 0 Å². The Morgan fingerprint density at radius 1 is 0.577 bits per heavy atom. The van der Waals surface area contributed by atoms with Crippen LogP contribution in [0.2, 0.25) is 0 Å². The maximum Gasteiger partial charge on any atom is 0.115 e. The molecular formula is C24H26O2. The van der Waals surface area contributed by atoms with Crippen LogP contribution in [0.4, 0.5) is 0 Å². The molecule has 2 nitrogen and oxygen atoms in total. The highest BCUT2D eigenvalue weighted by Crippen LogP contribution is 2.36. The Hall–Kier alpha value is -2.74. The first-order chi connectivity index (χ1) is 18.9. The molecular weight excluding hydrogens is 320 g/mol. The van der Waals surface area contributed by atoms with Crippen LogP contribution in [0.1, 0.15) is 71.6 Å². The monoisotopic (exact) mass is 362 g/mol. The predicted molar refractivity (Wildman–Crippen MR) is 107 cm³/mol. The summed E-state index contributed by atoms with van der Waals surface area (Å²) in [5.41, 5.74) is -7.79. The van der Waals surface area contributed by atoms with Gasteiger partial charge in [0.1, 0.15) is 11.5 Å². The number of rotatable bonds is 4. The molecule has 0 saturated heterocycles. The lowest BCUT2D eigenvalue weighted by atomic mass is 9.74. The minimum absolute atomic E-state index is 0.450. The van der Waals surface area contributed by atoms with E-state index in [9.17, 15) is 10.2 Å². The Balaban J connectivity index is 2.48. The van der Waals surface area contributed by atoms with Gasteiger partial charge in [0.05, 0.1) is 5.48 Å². The Morgan fingerprint density at radius 2 is 0.846 bits per heavy atom. The molecule has 0 heterocycles. The van der Waals surface area contributed by atoms with Crippen molar-refractivity contribution in [1.82, 2.24) is 0 Å². The molecule has 0 fully saturated rings. The van der Waals surface area contributed by atoms with Crippen molar-refractivity contribution in [3.8, 4) is 11.5 Å². The standard InChI is InChI=1S/C24H26O2/c1-23(2,19-9-13-21(25)14-10-19)17-5-7-18(8-6-17)24(3,4)20-11-15-22(26)16-12-20/h5-16,25-26H,1-4H3/i1D3,2D3,3D3,4D3,13D,14D,15D,16D. The lowest BCUT2D eigenvalue weighted by molar-refractivity contribution is 0.473. The lowest BCUT2D eigenvalue weighted by Gasteiger charge is -2.29. The third kappa shape index (κ3) is 3.32. The second kappa shape index (κ2) is 6.53. The fraction of sp³-hybridized carbons (Fsp3) is 0.250. The van der Waals surface area contributed by atoms with Crippen molar-refractivity contribution < 1.29 is 32.1 Å². The smallest absolute Gasteiger partial charge is 0.115 e. The number of phenolic OH excluding ortho intramolecular Hbond substituents is 2. The van der Waals surface area contributed by atoms with E-state index in [0.717, 1.165) is 48.5 Å². The predicted octanol–water partition coefficient (Wildman–Crippen LogP) is 5.75. The fourth-order valence-electron chi connectivity index (χ4n) is 2.49. The summed E-state index contributed by atoms with van der Waals surface area (Å²) in [6.07, 6.45) is 0. The van der Waals surface area contributed by atoms with E-state index in [4.69, 9.17) is 21.9 Å². The summed E-state index contributed by atoms with van der Waals surface area (Å²) in [5.74, 6) is -1.62. The zero-order valence-corrected chi connectivity index (χ0v) is 13.5. The maximum atomic E-state index is 9.91. The van der Waals surface area contributed by atoms with Crippen LogP contribution in [0.3, 0.4) is 0 Å². The number of phenols is 2. The zero-order chi connectivity index (χ0) is 32.4. The van der Waals surface area contributed by atoms with Crippen LogP contribution in [0.15, 0.2) is 72.7 Å². The lowest BCUT2D eigenvalue weighted by Crippen LogP contribution is -2.21. The molecule has 0 spiro atoms. The van der Waals surface area contributed by atoms with Gasteiger partial charge in [-0.15, -0.1) is 0 Å². The normalized spacial score (nSPS) is 23.1. The third-order valence-corrected chi connectivity index (χ3v) is 4.07. The Bertz CT molecular complexity index is 1290. The molecule has 0 aliphatic carbocycles. The van der Waals surface area contributed by atoms with E-state index < -0.39 is 96.2 Å². The summed E-state index contributed by atoms with van der Waals surface area (Å²) in [4.78, 5) is 0. The molecule has 0 radical (unpaired) electrons. The number of hydrogen-bond acceptors (Lipinski definition) is 2. The van der Waals surface area contributed by atoms with E-state index in [0.29, 0.717) is 0 Å². The number of benzene rings is 3. The van der Waals surface area contributed by atoms with Crippen LogP contribution in [0, 0.1) is 0 Å². The summed E-state index contributed by atoms with van der Waals surface area (Å²) in [7, 11) is 0. The van der Waals surface area contributed by atoms with Crippen molar-refractivity contribution in [3.05, 3.63) is 95.0 Å². The van der Waals surface area contributed by atoms with Gasteiger partial charge in [-0.3, -0.25) is 0 Å². The van der Waals surface area contributed by atoms with Gasteiger partial charge in [0, 0.05) is 27.3 Å². The van der Waals surface area contributed by atoms with Crippen LogP contribution in [0.25, 0.3) is 0 Å². The van der Waals surface area contributed by atoms with Gasteiger partial charge in [0.25, 0.3) is 0 Å². The Kier molecular flexibility index (Phi) is 1.70. The fourth-order valence-corrected chi connectivity index (χ4v) is 2.49. The highest BCUT2D eigenvalue weighted by atomic mass is 16.3. The second-order valence-electron chi connectivity index (χ2n) is 5.84. The van der Waals surface area contributed by atoms with Gasteiger partial charge in [0.2, 0.25) is 0 Å². The summed E-state index contributed by atoms with van der Waals surface area (Å²) < 4.78 is 131. The van der Waals surface area contributed by atoms with Crippen LogP contribution < -0.4 is 0 Å². The zero-order valence-electron chi connectivity index (χ0n) is 29.5. The molecule has 3 rings (SSSR count). The quantitative estimate of drug-likeness (QED) is 0.620. The van der Waals surface area contributed by atoms with E-state index in [-0.39, 0.29) is 0 Å². The topological polar surface area (TPSA) is 40.5 Å². The molecule has 0 bridgehead atoms. The Labute approximate surface area is 178 Å². The van der Waals surface area contributed by atoms with Crippen molar-refractivity contribution in [1.29, 1.82) is 0 Å². The molecule has 0 unspecified atom stereocenters. The molecule has 3 aromatic rings. The van der Waals surface area contributed by atoms with Crippen molar-refractivity contribution in [2.45, 2.75) is 38.2 Å². The molecule has 2 N–H and O–H groups in total. The van der Waals surface area contributed by atoms with Gasteiger partial charge in [0.15, 0.2) is 0 Å². The molecule has 0 aliphatic rings. The number of hydrogen-bond donors (Lipinski definition) is 2. The van der Waals surface area contributed by atoms with Crippen LogP contribution in [0.5, 0.6) is 11.5 Å². The maximum absolute atomic E-state index is 9.91. The van der Waals surface area contributed by atoms with E-state index in [2.05, 4.69) is 0 Å².